The van der Waals surface area contributed by atoms with E-state index in [1.54, 1.807) is 0 Å². The lowest BCUT2D eigenvalue weighted by Crippen LogP contribution is -2.34. The Morgan fingerprint density at radius 1 is 1.26 bits per heavy atom. The quantitative estimate of drug-likeness (QED) is 0.772. The Labute approximate surface area is 115 Å². The van der Waals surface area contributed by atoms with Crippen molar-refractivity contribution in [2.24, 2.45) is 0 Å². The highest BCUT2D eigenvalue weighted by molar-refractivity contribution is 7.88. The highest BCUT2D eigenvalue weighted by Crippen LogP contribution is 2.24. The second-order valence-corrected chi connectivity index (χ2v) is 6.57. The number of likely N-dealkylation sites (N-methyl/N-ethyl adjacent to an activating group) is 1. The zero-order chi connectivity index (χ0) is 14.6. The molecule has 19 heavy (non-hydrogen) atoms. The topological polar surface area (TPSA) is 75.4 Å². The molecule has 0 radical (unpaired) electrons. The van der Waals surface area contributed by atoms with E-state index in [0.717, 1.165) is 29.0 Å². The van der Waals surface area contributed by atoms with Gasteiger partial charge in [-0.2, -0.15) is 0 Å². The first-order valence-corrected chi connectivity index (χ1v) is 8.20. The summed E-state index contributed by atoms with van der Waals surface area (Å²) in [5, 5.41) is 0. The molecule has 0 aliphatic carbocycles. The molecule has 5 nitrogen and oxygen atoms in total. The van der Waals surface area contributed by atoms with Gasteiger partial charge in [0.1, 0.15) is 0 Å². The van der Waals surface area contributed by atoms with Crippen LogP contribution in [0, 0.1) is 13.8 Å². The molecule has 0 saturated heterocycles. The van der Waals surface area contributed by atoms with E-state index in [2.05, 4.69) is 9.62 Å². The second kappa shape index (κ2) is 6.25. The van der Waals surface area contributed by atoms with Crippen LogP contribution in [0.2, 0.25) is 0 Å². The van der Waals surface area contributed by atoms with Crippen LogP contribution in [0.25, 0.3) is 0 Å². The van der Waals surface area contributed by atoms with E-state index >= 15 is 0 Å². The van der Waals surface area contributed by atoms with Gasteiger partial charge in [-0.05, 0) is 44.0 Å². The van der Waals surface area contributed by atoms with Crippen molar-refractivity contribution in [3.8, 4) is 0 Å². The van der Waals surface area contributed by atoms with Gasteiger partial charge in [-0.25, -0.2) is 13.1 Å². The molecule has 108 valence electrons. The van der Waals surface area contributed by atoms with Crippen molar-refractivity contribution in [2.45, 2.75) is 20.8 Å². The average molecular weight is 285 g/mol. The van der Waals surface area contributed by atoms with Gasteiger partial charge >= 0.3 is 0 Å². The molecule has 0 heterocycles. The van der Waals surface area contributed by atoms with Gasteiger partial charge in [0.15, 0.2) is 0 Å². The first-order valence-electron chi connectivity index (χ1n) is 6.31. The Balaban J connectivity index is 2.80. The highest BCUT2D eigenvalue weighted by atomic mass is 32.2. The van der Waals surface area contributed by atoms with E-state index in [9.17, 15) is 8.42 Å². The zero-order valence-electron chi connectivity index (χ0n) is 12.0. The van der Waals surface area contributed by atoms with Crippen LogP contribution >= 0.6 is 0 Å². The third-order valence-corrected chi connectivity index (χ3v) is 3.80. The molecule has 6 heteroatoms. The van der Waals surface area contributed by atoms with E-state index in [1.165, 1.54) is 6.26 Å². The number of sulfonamides is 1. The molecular weight excluding hydrogens is 262 g/mol. The summed E-state index contributed by atoms with van der Waals surface area (Å²) in [6.45, 7) is 7.85. The third-order valence-electron chi connectivity index (χ3n) is 3.07. The molecule has 1 aromatic carbocycles. The van der Waals surface area contributed by atoms with Crippen LogP contribution in [-0.4, -0.2) is 34.3 Å². The van der Waals surface area contributed by atoms with Crippen LogP contribution in [0.4, 0.5) is 11.4 Å². The molecule has 0 amide bonds. The summed E-state index contributed by atoms with van der Waals surface area (Å²) in [4.78, 5) is 2.12. The van der Waals surface area contributed by atoms with Crippen LogP contribution in [-0.2, 0) is 10.0 Å². The number of rotatable bonds is 6. The minimum Gasteiger partial charge on any atom is -0.398 e. The minimum absolute atomic E-state index is 0.398. The maximum Gasteiger partial charge on any atom is 0.208 e. The largest absolute Gasteiger partial charge is 0.398 e. The molecule has 0 bridgehead atoms. The second-order valence-electron chi connectivity index (χ2n) is 4.74. The lowest BCUT2D eigenvalue weighted by Gasteiger charge is -2.24. The normalized spacial score (nSPS) is 11.6. The molecule has 0 aliphatic heterocycles. The Hall–Kier alpha value is -1.27. The van der Waals surface area contributed by atoms with Crippen LogP contribution < -0.4 is 15.4 Å². The number of nitrogens with one attached hydrogen (secondary N) is 1. The van der Waals surface area contributed by atoms with Crippen molar-refractivity contribution in [1.29, 1.82) is 0 Å². The van der Waals surface area contributed by atoms with E-state index < -0.39 is 10.0 Å². The maximum absolute atomic E-state index is 11.0. The standard InChI is InChI=1S/C13H23N3O2S/c1-5-16(7-6-15-19(4,17)18)12-8-10(2)13(14)11(3)9-12/h8-9,15H,5-7,14H2,1-4H3. The van der Waals surface area contributed by atoms with Crippen LogP contribution in [0.1, 0.15) is 18.1 Å². The van der Waals surface area contributed by atoms with Gasteiger partial charge < -0.3 is 10.6 Å². The predicted octanol–water partition coefficient (Wildman–Crippen LogP) is 1.26. The van der Waals surface area contributed by atoms with E-state index in [4.69, 9.17) is 5.73 Å². The number of hydrogen-bond donors (Lipinski definition) is 2. The smallest absolute Gasteiger partial charge is 0.208 e. The summed E-state index contributed by atoms with van der Waals surface area (Å²) in [6, 6.07) is 4.07. The molecule has 3 N–H and O–H groups in total. The molecule has 0 atom stereocenters. The Kier molecular flexibility index (Phi) is 5.20. The summed E-state index contributed by atoms with van der Waals surface area (Å²) in [5.41, 5.74) is 9.92. The average Bonchev–Trinajstić information content (AvgIpc) is 2.29. The summed E-state index contributed by atoms with van der Waals surface area (Å²) >= 11 is 0. The van der Waals surface area contributed by atoms with Crippen molar-refractivity contribution in [2.75, 3.05) is 36.5 Å². The molecular formula is C13H23N3O2S. The molecule has 1 aromatic rings. The number of nitrogen functional groups attached to an aromatic ring is 1. The molecule has 0 aliphatic rings. The monoisotopic (exact) mass is 285 g/mol. The maximum atomic E-state index is 11.0. The Bertz CT molecular complexity index is 518. The lowest BCUT2D eigenvalue weighted by atomic mass is 10.1. The first-order chi connectivity index (χ1) is 8.74. The van der Waals surface area contributed by atoms with Crippen molar-refractivity contribution >= 4 is 21.4 Å². The van der Waals surface area contributed by atoms with Crippen LogP contribution in [0.3, 0.4) is 0 Å². The number of nitrogens with zero attached hydrogens (tertiary/aromatic N) is 1. The number of benzene rings is 1. The molecule has 0 spiro atoms. The third kappa shape index (κ3) is 4.72. The Morgan fingerprint density at radius 2 is 1.79 bits per heavy atom. The first kappa shape index (κ1) is 15.8. The minimum atomic E-state index is -3.13. The fourth-order valence-electron chi connectivity index (χ4n) is 1.97. The number of hydrogen-bond acceptors (Lipinski definition) is 4. The Morgan fingerprint density at radius 3 is 2.21 bits per heavy atom. The molecule has 0 saturated carbocycles. The van der Waals surface area contributed by atoms with E-state index in [0.29, 0.717) is 13.1 Å². The summed E-state index contributed by atoms with van der Waals surface area (Å²) in [5.74, 6) is 0. The van der Waals surface area contributed by atoms with Crippen molar-refractivity contribution < 1.29 is 8.42 Å². The van der Waals surface area contributed by atoms with Crippen LogP contribution in [0.15, 0.2) is 12.1 Å². The van der Waals surface area contributed by atoms with Crippen molar-refractivity contribution in [3.05, 3.63) is 23.3 Å². The summed E-state index contributed by atoms with van der Waals surface area (Å²) in [6.07, 6.45) is 1.17. The molecule has 0 aromatic heterocycles. The summed E-state index contributed by atoms with van der Waals surface area (Å²) < 4.78 is 24.6. The van der Waals surface area contributed by atoms with Gasteiger partial charge in [0, 0.05) is 31.0 Å². The number of nitrogens with two attached hydrogens (primary N) is 1. The van der Waals surface area contributed by atoms with Gasteiger partial charge in [-0.3, -0.25) is 0 Å². The van der Waals surface area contributed by atoms with Gasteiger partial charge in [0.05, 0.1) is 6.26 Å². The molecule has 0 unspecified atom stereocenters. The van der Waals surface area contributed by atoms with Crippen LogP contribution in [0.5, 0.6) is 0 Å². The van der Waals surface area contributed by atoms with Gasteiger partial charge in [0.2, 0.25) is 10.0 Å². The molecule has 0 fully saturated rings. The van der Waals surface area contributed by atoms with Crippen molar-refractivity contribution in [1.82, 2.24) is 4.72 Å². The van der Waals surface area contributed by atoms with Gasteiger partial charge in [0.25, 0.3) is 0 Å². The van der Waals surface area contributed by atoms with E-state index in [1.807, 2.05) is 32.9 Å². The highest BCUT2D eigenvalue weighted by Gasteiger charge is 2.09. The fraction of sp³-hybridized carbons (Fsp3) is 0.538. The fourth-order valence-corrected chi connectivity index (χ4v) is 2.43. The SMILES string of the molecule is CCN(CCNS(C)(=O)=O)c1cc(C)c(N)c(C)c1. The predicted molar refractivity (Wildman–Crippen MR) is 81.1 cm³/mol. The molecule has 1 rings (SSSR count). The van der Waals surface area contributed by atoms with Gasteiger partial charge in [-0.1, -0.05) is 0 Å². The van der Waals surface area contributed by atoms with Gasteiger partial charge in [-0.15, -0.1) is 0 Å². The lowest BCUT2D eigenvalue weighted by molar-refractivity contribution is 0.587. The zero-order valence-corrected chi connectivity index (χ0v) is 12.8. The number of anilines is 2. The van der Waals surface area contributed by atoms with Crippen molar-refractivity contribution in [3.63, 3.8) is 0 Å². The van der Waals surface area contributed by atoms with E-state index in [-0.39, 0.29) is 0 Å². The summed E-state index contributed by atoms with van der Waals surface area (Å²) in [7, 11) is -3.13. The number of aryl methyl sites for hydroxylation is 2.